The third-order valence-corrected chi connectivity index (χ3v) is 5.76. The molecule has 152 valence electrons. The molecule has 0 spiro atoms. The minimum absolute atomic E-state index is 0.0284. The van der Waals surface area contributed by atoms with E-state index in [0.29, 0.717) is 30.3 Å². The van der Waals surface area contributed by atoms with Crippen LogP contribution in [0.25, 0.3) is 10.9 Å². The van der Waals surface area contributed by atoms with Crippen LogP contribution >= 0.6 is 11.6 Å². The molecule has 3 aromatic rings. The van der Waals surface area contributed by atoms with E-state index in [1.54, 1.807) is 0 Å². The number of halogens is 1. The second kappa shape index (κ2) is 8.49. The van der Waals surface area contributed by atoms with Crippen molar-refractivity contribution in [3.8, 4) is 0 Å². The molecule has 4 rings (SSSR count). The molecular formula is C21H24ClN5O2. The Hall–Kier alpha value is -2.48. The first-order valence-corrected chi connectivity index (χ1v) is 10.1. The third kappa shape index (κ3) is 4.12. The Bertz CT molecular complexity index is 1010. The van der Waals surface area contributed by atoms with Crippen LogP contribution in [0.5, 0.6) is 0 Å². The largest absolute Gasteiger partial charge is 0.379 e. The zero-order valence-corrected chi connectivity index (χ0v) is 17.3. The van der Waals surface area contributed by atoms with Gasteiger partial charge in [-0.25, -0.2) is 9.97 Å². The average Bonchev–Trinajstić information content (AvgIpc) is 3.24. The van der Waals surface area contributed by atoms with Crippen LogP contribution in [0.2, 0.25) is 5.02 Å². The monoisotopic (exact) mass is 413 g/mol. The second-order valence-corrected chi connectivity index (χ2v) is 7.64. The van der Waals surface area contributed by atoms with Crippen molar-refractivity contribution in [3.05, 3.63) is 58.3 Å². The maximum Gasteiger partial charge on any atom is 0.252 e. The van der Waals surface area contributed by atoms with E-state index in [4.69, 9.17) is 16.3 Å². The summed E-state index contributed by atoms with van der Waals surface area (Å²) >= 11 is 6.52. The van der Waals surface area contributed by atoms with Crippen LogP contribution in [0, 0.1) is 13.8 Å². The molecule has 0 aliphatic carbocycles. The average molecular weight is 414 g/mol. The molecule has 2 N–H and O–H groups in total. The topological polar surface area (TPSA) is 83.1 Å². The van der Waals surface area contributed by atoms with E-state index in [9.17, 15) is 4.79 Å². The van der Waals surface area contributed by atoms with Gasteiger partial charge in [0.05, 0.1) is 29.8 Å². The van der Waals surface area contributed by atoms with Crippen molar-refractivity contribution in [2.75, 3.05) is 32.8 Å². The number of aromatic nitrogens is 3. The van der Waals surface area contributed by atoms with Gasteiger partial charge >= 0.3 is 0 Å². The molecule has 29 heavy (non-hydrogen) atoms. The number of nitrogens with zero attached hydrogens (tertiary/aromatic N) is 3. The maximum atomic E-state index is 13.0. The number of hydrogen-bond acceptors (Lipinski definition) is 5. The number of amides is 1. The molecule has 1 fully saturated rings. The van der Waals surface area contributed by atoms with Crippen molar-refractivity contribution >= 4 is 28.4 Å². The van der Waals surface area contributed by atoms with Crippen LogP contribution in [0.3, 0.4) is 0 Å². The fourth-order valence-electron chi connectivity index (χ4n) is 3.75. The van der Waals surface area contributed by atoms with Crippen LogP contribution in [-0.4, -0.2) is 58.6 Å². The normalized spacial score (nSPS) is 16.1. The Morgan fingerprint density at radius 3 is 2.76 bits per heavy atom. The van der Waals surface area contributed by atoms with Crippen LogP contribution in [-0.2, 0) is 4.74 Å². The Morgan fingerprint density at radius 2 is 2.03 bits per heavy atom. The molecule has 0 bridgehead atoms. The molecule has 1 aromatic carbocycles. The number of ether oxygens (including phenoxy) is 1. The lowest BCUT2D eigenvalue weighted by Crippen LogP contribution is -2.44. The van der Waals surface area contributed by atoms with Crippen molar-refractivity contribution in [1.29, 1.82) is 0 Å². The van der Waals surface area contributed by atoms with E-state index >= 15 is 0 Å². The van der Waals surface area contributed by atoms with Crippen molar-refractivity contribution < 1.29 is 9.53 Å². The lowest BCUT2D eigenvalue weighted by atomic mass is 10.1. The third-order valence-electron chi connectivity index (χ3n) is 5.35. The Balaban J connectivity index is 1.56. The van der Waals surface area contributed by atoms with Crippen molar-refractivity contribution in [3.63, 3.8) is 0 Å². The SMILES string of the molecule is Cc1ncc(C(CNC(=O)c2cc(C)c3[nH]ccc3c2Cl)N2CCOCC2)cn1. The van der Waals surface area contributed by atoms with E-state index < -0.39 is 0 Å². The van der Waals surface area contributed by atoms with Crippen LogP contribution in [0.15, 0.2) is 30.7 Å². The summed E-state index contributed by atoms with van der Waals surface area (Å²) in [6, 6.07) is 3.69. The Morgan fingerprint density at radius 1 is 1.31 bits per heavy atom. The molecule has 1 unspecified atom stereocenters. The van der Waals surface area contributed by atoms with Crippen LogP contribution < -0.4 is 5.32 Å². The highest BCUT2D eigenvalue weighted by Crippen LogP contribution is 2.29. The molecule has 1 amide bonds. The van der Waals surface area contributed by atoms with Crippen molar-refractivity contribution in [2.24, 2.45) is 0 Å². The van der Waals surface area contributed by atoms with Gasteiger partial charge in [0.2, 0.25) is 0 Å². The molecule has 2 aromatic heterocycles. The Labute approximate surface area is 174 Å². The maximum absolute atomic E-state index is 13.0. The van der Waals surface area contributed by atoms with Gasteiger partial charge in [-0.15, -0.1) is 0 Å². The number of carbonyl (C=O) groups is 1. The van der Waals surface area contributed by atoms with E-state index in [1.165, 1.54) is 0 Å². The summed E-state index contributed by atoms with van der Waals surface area (Å²) in [6.45, 7) is 7.20. The number of aromatic amines is 1. The first-order chi connectivity index (χ1) is 14.0. The fourth-order valence-corrected chi connectivity index (χ4v) is 4.04. The number of hydrogen-bond donors (Lipinski definition) is 2. The predicted molar refractivity (Wildman–Crippen MR) is 112 cm³/mol. The van der Waals surface area contributed by atoms with Crippen molar-refractivity contribution in [2.45, 2.75) is 19.9 Å². The lowest BCUT2D eigenvalue weighted by molar-refractivity contribution is 0.0161. The lowest BCUT2D eigenvalue weighted by Gasteiger charge is -2.34. The van der Waals surface area contributed by atoms with Gasteiger partial charge in [-0.05, 0) is 31.5 Å². The van der Waals surface area contributed by atoms with Gasteiger partial charge in [0.1, 0.15) is 5.82 Å². The van der Waals surface area contributed by atoms with Crippen LogP contribution in [0.4, 0.5) is 0 Å². The minimum atomic E-state index is -0.188. The zero-order chi connectivity index (χ0) is 20.4. The molecule has 1 aliphatic rings. The molecule has 3 heterocycles. The van der Waals surface area contributed by atoms with Crippen molar-refractivity contribution in [1.82, 2.24) is 25.2 Å². The summed E-state index contributed by atoms with van der Waals surface area (Å²) in [5, 5.41) is 4.38. The number of rotatable bonds is 5. The molecule has 0 saturated carbocycles. The van der Waals surface area contributed by atoms with Gasteiger partial charge in [0.15, 0.2) is 0 Å². The second-order valence-electron chi connectivity index (χ2n) is 7.26. The minimum Gasteiger partial charge on any atom is -0.379 e. The Kier molecular flexibility index (Phi) is 5.80. The first-order valence-electron chi connectivity index (χ1n) is 9.69. The zero-order valence-electron chi connectivity index (χ0n) is 16.5. The summed E-state index contributed by atoms with van der Waals surface area (Å²) in [4.78, 5) is 27.1. The number of aryl methyl sites for hydroxylation is 2. The van der Waals surface area contributed by atoms with Gasteiger partial charge in [0, 0.05) is 54.7 Å². The fraction of sp³-hybridized carbons (Fsp3) is 0.381. The number of H-pyrrole nitrogens is 1. The highest BCUT2D eigenvalue weighted by molar-refractivity contribution is 6.38. The number of fused-ring (bicyclic) bond motifs is 1. The molecule has 1 atom stereocenters. The summed E-state index contributed by atoms with van der Waals surface area (Å²) in [5.41, 5.74) is 3.39. The number of nitrogens with one attached hydrogen (secondary N) is 2. The molecule has 0 radical (unpaired) electrons. The summed E-state index contributed by atoms with van der Waals surface area (Å²) in [5.74, 6) is 0.535. The van der Waals surface area contributed by atoms with Gasteiger partial charge in [-0.1, -0.05) is 11.6 Å². The highest BCUT2D eigenvalue weighted by atomic mass is 35.5. The van der Waals surface area contributed by atoms with Gasteiger partial charge < -0.3 is 15.0 Å². The van der Waals surface area contributed by atoms with Crippen LogP contribution in [0.1, 0.15) is 33.4 Å². The number of benzene rings is 1. The van der Waals surface area contributed by atoms with E-state index in [0.717, 1.165) is 40.9 Å². The number of carbonyl (C=O) groups excluding carboxylic acids is 1. The van der Waals surface area contributed by atoms with E-state index in [-0.39, 0.29) is 11.9 Å². The molecule has 1 saturated heterocycles. The van der Waals surface area contributed by atoms with Gasteiger partial charge in [0.25, 0.3) is 5.91 Å². The number of morpholine rings is 1. The molecule has 7 nitrogen and oxygen atoms in total. The van der Waals surface area contributed by atoms with Gasteiger partial charge in [-0.2, -0.15) is 0 Å². The standard InChI is InChI=1S/C21H24ClN5O2/c1-13-9-17(19(22)16-3-4-23-20(13)16)21(28)26-12-18(27-5-7-29-8-6-27)15-10-24-14(2)25-11-15/h3-4,9-11,18,23H,5-8,12H2,1-2H3,(H,26,28). The summed E-state index contributed by atoms with van der Waals surface area (Å²) in [6.07, 6.45) is 5.49. The first kappa shape index (κ1) is 19.8. The summed E-state index contributed by atoms with van der Waals surface area (Å²) < 4.78 is 5.48. The summed E-state index contributed by atoms with van der Waals surface area (Å²) in [7, 11) is 0. The van der Waals surface area contributed by atoms with E-state index in [1.807, 2.05) is 44.6 Å². The van der Waals surface area contributed by atoms with E-state index in [2.05, 4.69) is 25.2 Å². The molecule has 8 heteroatoms. The smallest absolute Gasteiger partial charge is 0.252 e. The molecular weight excluding hydrogens is 390 g/mol. The molecule has 1 aliphatic heterocycles. The van der Waals surface area contributed by atoms with Gasteiger partial charge in [-0.3, -0.25) is 9.69 Å². The predicted octanol–water partition coefficient (Wildman–Crippen LogP) is 3.03. The quantitative estimate of drug-likeness (QED) is 0.671. The highest BCUT2D eigenvalue weighted by Gasteiger charge is 2.25.